The third-order valence-electron chi connectivity index (χ3n) is 2.84. The molecule has 20 heavy (non-hydrogen) atoms. The van der Waals surface area contributed by atoms with Crippen molar-refractivity contribution in [2.45, 2.75) is 19.8 Å². The highest BCUT2D eigenvalue weighted by Crippen LogP contribution is 2.24. The molecule has 0 atom stereocenters. The minimum atomic E-state index is -0.421. The summed E-state index contributed by atoms with van der Waals surface area (Å²) in [5.74, 6) is 1.19. The Hall–Kier alpha value is -2.21. The predicted molar refractivity (Wildman–Crippen MR) is 75.5 cm³/mol. The number of rotatable bonds is 7. The van der Waals surface area contributed by atoms with Gasteiger partial charge in [0.1, 0.15) is 0 Å². The van der Waals surface area contributed by atoms with E-state index >= 15 is 0 Å². The fraction of sp³-hybridized carbons (Fsp3) is 0.357. The zero-order valence-electron chi connectivity index (χ0n) is 11.3. The molecule has 1 N–H and O–H groups in total. The van der Waals surface area contributed by atoms with Crippen LogP contribution in [0, 0.1) is 10.1 Å². The van der Waals surface area contributed by atoms with E-state index in [2.05, 4.69) is 17.2 Å². The Morgan fingerprint density at radius 1 is 1.40 bits per heavy atom. The van der Waals surface area contributed by atoms with Gasteiger partial charge in [0.15, 0.2) is 11.7 Å². The first kappa shape index (κ1) is 14.2. The Balaban J connectivity index is 2.04. The van der Waals surface area contributed by atoms with E-state index in [1.54, 1.807) is 18.3 Å². The summed E-state index contributed by atoms with van der Waals surface area (Å²) >= 11 is 0. The number of nitrogens with one attached hydrogen (secondary N) is 1. The van der Waals surface area contributed by atoms with E-state index in [1.165, 1.54) is 12.1 Å². The fourth-order valence-electron chi connectivity index (χ4n) is 1.83. The zero-order valence-corrected chi connectivity index (χ0v) is 11.3. The van der Waals surface area contributed by atoms with Crippen molar-refractivity contribution in [2.24, 2.45) is 0 Å². The predicted octanol–water partition coefficient (Wildman–Crippen LogP) is 2.79. The van der Waals surface area contributed by atoms with Crippen LogP contribution in [0.3, 0.4) is 0 Å². The molecule has 0 aliphatic heterocycles. The molecule has 106 valence electrons. The third kappa shape index (κ3) is 3.64. The lowest BCUT2D eigenvalue weighted by atomic mass is 10.2. The Bertz CT molecular complexity index is 581. The van der Waals surface area contributed by atoms with Crippen LogP contribution in [0.2, 0.25) is 0 Å². The molecule has 6 heteroatoms. The van der Waals surface area contributed by atoms with Crippen molar-refractivity contribution in [1.29, 1.82) is 0 Å². The maximum absolute atomic E-state index is 10.7. The molecule has 2 aromatic rings. The summed E-state index contributed by atoms with van der Waals surface area (Å²) in [6.45, 7) is 3.89. The second-order valence-corrected chi connectivity index (χ2v) is 4.43. The molecule has 1 aromatic heterocycles. The molecular weight excluding hydrogens is 258 g/mol. The molecule has 0 saturated carbocycles. The molecule has 0 aliphatic rings. The smallest absolute Gasteiger partial charge is 0.270 e. The summed E-state index contributed by atoms with van der Waals surface area (Å²) in [5, 5.41) is 14.0. The van der Waals surface area contributed by atoms with Crippen LogP contribution >= 0.6 is 0 Å². The summed E-state index contributed by atoms with van der Waals surface area (Å²) in [7, 11) is 0. The number of aromatic nitrogens is 1. The maximum Gasteiger partial charge on any atom is 0.270 e. The van der Waals surface area contributed by atoms with Gasteiger partial charge in [0, 0.05) is 30.7 Å². The average Bonchev–Trinajstić information content (AvgIpc) is 2.92. The molecule has 0 fully saturated rings. The van der Waals surface area contributed by atoms with Crippen LogP contribution in [-0.2, 0) is 6.42 Å². The molecule has 0 amide bonds. The first-order valence-corrected chi connectivity index (χ1v) is 6.61. The van der Waals surface area contributed by atoms with E-state index in [4.69, 9.17) is 4.42 Å². The van der Waals surface area contributed by atoms with Crippen molar-refractivity contribution >= 4 is 5.69 Å². The highest BCUT2D eigenvalue weighted by atomic mass is 16.6. The summed E-state index contributed by atoms with van der Waals surface area (Å²) in [5.41, 5.74) is 0.713. The number of hydrogen-bond donors (Lipinski definition) is 1. The second kappa shape index (κ2) is 6.81. The van der Waals surface area contributed by atoms with Crippen molar-refractivity contribution in [1.82, 2.24) is 10.3 Å². The molecule has 2 rings (SSSR count). The lowest BCUT2D eigenvalue weighted by Gasteiger charge is -1.99. The van der Waals surface area contributed by atoms with Crippen LogP contribution in [0.1, 0.15) is 19.2 Å². The fourth-order valence-corrected chi connectivity index (χ4v) is 1.83. The first-order chi connectivity index (χ1) is 9.70. The van der Waals surface area contributed by atoms with Gasteiger partial charge < -0.3 is 9.73 Å². The van der Waals surface area contributed by atoms with Gasteiger partial charge in [-0.25, -0.2) is 4.98 Å². The van der Waals surface area contributed by atoms with E-state index in [1.807, 2.05) is 0 Å². The van der Waals surface area contributed by atoms with Gasteiger partial charge in [-0.1, -0.05) is 19.1 Å². The molecule has 1 aromatic carbocycles. The van der Waals surface area contributed by atoms with Crippen LogP contribution < -0.4 is 5.32 Å². The summed E-state index contributed by atoms with van der Waals surface area (Å²) in [4.78, 5) is 14.5. The van der Waals surface area contributed by atoms with Crippen LogP contribution in [0.15, 0.2) is 34.9 Å². The Labute approximate surface area is 117 Å². The molecule has 1 heterocycles. The number of non-ortho nitro benzene ring substituents is 1. The number of benzene rings is 1. The van der Waals surface area contributed by atoms with Gasteiger partial charge in [-0.05, 0) is 13.0 Å². The van der Waals surface area contributed by atoms with Gasteiger partial charge >= 0.3 is 0 Å². The summed E-state index contributed by atoms with van der Waals surface area (Å²) in [6.07, 6.45) is 3.40. The van der Waals surface area contributed by atoms with Crippen molar-refractivity contribution < 1.29 is 9.34 Å². The van der Waals surface area contributed by atoms with Crippen LogP contribution in [0.25, 0.3) is 11.3 Å². The molecule has 0 bridgehead atoms. The second-order valence-electron chi connectivity index (χ2n) is 4.43. The number of nitro benzene ring substituents is 1. The Morgan fingerprint density at radius 2 is 2.25 bits per heavy atom. The van der Waals surface area contributed by atoms with E-state index in [9.17, 15) is 10.1 Å². The van der Waals surface area contributed by atoms with Crippen LogP contribution in [-0.4, -0.2) is 23.0 Å². The third-order valence-corrected chi connectivity index (χ3v) is 2.84. The minimum absolute atomic E-state index is 0.0464. The Kier molecular flexibility index (Phi) is 4.84. The first-order valence-electron chi connectivity index (χ1n) is 6.61. The van der Waals surface area contributed by atoms with Crippen LogP contribution in [0.4, 0.5) is 5.69 Å². The number of oxazole rings is 1. The monoisotopic (exact) mass is 275 g/mol. The number of nitro groups is 1. The van der Waals surface area contributed by atoms with Gasteiger partial charge in [-0.2, -0.15) is 0 Å². The minimum Gasteiger partial charge on any atom is -0.441 e. The number of nitrogens with zero attached hydrogens (tertiary/aromatic N) is 2. The van der Waals surface area contributed by atoms with E-state index in [-0.39, 0.29) is 5.69 Å². The summed E-state index contributed by atoms with van der Waals surface area (Å²) in [6, 6.07) is 6.35. The average molecular weight is 275 g/mol. The van der Waals surface area contributed by atoms with Crippen molar-refractivity contribution in [3.8, 4) is 11.3 Å². The van der Waals surface area contributed by atoms with Crippen molar-refractivity contribution in [2.75, 3.05) is 13.1 Å². The molecule has 0 saturated heterocycles. The zero-order chi connectivity index (χ0) is 14.4. The highest BCUT2D eigenvalue weighted by molar-refractivity contribution is 5.60. The Morgan fingerprint density at radius 3 is 3.00 bits per heavy atom. The van der Waals surface area contributed by atoms with Gasteiger partial charge in [-0.15, -0.1) is 0 Å². The van der Waals surface area contributed by atoms with Gasteiger partial charge in [-0.3, -0.25) is 10.1 Å². The van der Waals surface area contributed by atoms with Gasteiger partial charge in [0.2, 0.25) is 0 Å². The van der Waals surface area contributed by atoms with E-state index in [0.29, 0.717) is 23.6 Å². The van der Waals surface area contributed by atoms with E-state index in [0.717, 1.165) is 19.5 Å². The van der Waals surface area contributed by atoms with Crippen molar-refractivity contribution in [3.63, 3.8) is 0 Å². The van der Waals surface area contributed by atoms with Gasteiger partial charge in [0.05, 0.1) is 11.1 Å². The number of hydrogen-bond acceptors (Lipinski definition) is 5. The molecule has 6 nitrogen and oxygen atoms in total. The lowest BCUT2D eigenvalue weighted by molar-refractivity contribution is -0.384. The molecule has 0 radical (unpaired) electrons. The van der Waals surface area contributed by atoms with E-state index < -0.39 is 4.92 Å². The van der Waals surface area contributed by atoms with Crippen LogP contribution in [0.5, 0.6) is 0 Å². The highest BCUT2D eigenvalue weighted by Gasteiger charge is 2.10. The lowest BCUT2D eigenvalue weighted by Crippen LogP contribution is -2.17. The molecule has 0 unspecified atom stereocenters. The molecule has 0 spiro atoms. The maximum atomic E-state index is 10.7. The van der Waals surface area contributed by atoms with Crippen molar-refractivity contribution in [3.05, 3.63) is 46.5 Å². The largest absolute Gasteiger partial charge is 0.441 e. The summed E-state index contributed by atoms with van der Waals surface area (Å²) < 4.78 is 5.61. The standard InChI is InChI=1S/C14H17N3O3/c1-2-7-15-8-6-14-16-10-13(20-14)11-4-3-5-12(9-11)17(18)19/h3-5,9-10,15H,2,6-8H2,1H3. The quantitative estimate of drug-likeness (QED) is 0.477. The molecular formula is C14H17N3O3. The van der Waals surface area contributed by atoms with Gasteiger partial charge in [0.25, 0.3) is 5.69 Å². The topological polar surface area (TPSA) is 81.2 Å². The normalized spacial score (nSPS) is 10.7. The molecule has 0 aliphatic carbocycles. The SMILES string of the molecule is CCCNCCc1ncc(-c2cccc([N+](=O)[O-])c2)o1.